The van der Waals surface area contributed by atoms with Crippen molar-refractivity contribution in [3.8, 4) is 0 Å². The number of rotatable bonds is 4. The maximum absolute atomic E-state index is 3.95. The zero-order valence-corrected chi connectivity index (χ0v) is 7.75. The van der Waals surface area contributed by atoms with Crippen LogP contribution in [0.25, 0.3) is 0 Å². The average molecular weight is 163 g/mol. The first-order valence-corrected chi connectivity index (χ1v) is 4.40. The van der Waals surface area contributed by atoms with Crippen LogP contribution in [0.4, 0.5) is 0 Å². The van der Waals surface area contributed by atoms with Gasteiger partial charge in [-0.15, -0.1) is 0 Å². The quantitative estimate of drug-likeness (QED) is 0.672. The summed E-state index contributed by atoms with van der Waals surface area (Å²) in [5.74, 6) is 0. The zero-order chi connectivity index (χ0) is 8.81. The molecule has 0 aliphatic carbocycles. The molecule has 0 aromatic carbocycles. The first-order valence-electron chi connectivity index (χ1n) is 4.40. The van der Waals surface area contributed by atoms with Crippen LogP contribution in [-0.4, -0.2) is 23.0 Å². The highest BCUT2D eigenvalue weighted by Gasteiger charge is 1.99. The maximum Gasteiger partial charge on any atom is 0.0934 e. The maximum atomic E-state index is 3.95. The third-order valence-electron chi connectivity index (χ3n) is 1.95. The van der Waals surface area contributed by atoms with Gasteiger partial charge >= 0.3 is 0 Å². The minimum Gasteiger partial charge on any atom is -0.300 e. The van der Waals surface area contributed by atoms with Crippen molar-refractivity contribution in [1.82, 2.24) is 9.88 Å². The van der Waals surface area contributed by atoms with Gasteiger partial charge in [-0.25, -0.2) is 0 Å². The predicted octanol–water partition coefficient (Wildman–Crippen LogP) is 1.72. The number of hydrogen-bond donors (Lipinski definition) is 0. The Hall–Kier alpha value is -0.890. The molecule has 2 nitrogen and oxygen atoms in total. The van der Waals surface area contributed by atoms with Gasteiger partial charge in [0.25, 0.3) is 0 Å². The topological polar surface area (TPSA) is 16.1 Å². The molecule has 65 valence electrons. The normalized spacial score (nSPS) is 10.6. The molecule has 0 unspecified atom stereocenters. The number of nitrogens with zero attached hydrogens (tertiary/aromatic N) is 2. The van der Waals surface area contributed by atoms with Crippen molar-refractivity contribution in [1.29, 1.82) is 0 Å². The fourth-order valence-corrected chi connectivity index (χ4v) is 1.14. The van der Waals surface area contributed by atoms with Gasteiger partial charge in [-0.3, -0.25) is 9.88 Å². The number of pyridine rings is 1. The molecule has 0 amide bonds. The predicted molar refractivity (Wildman–Crippen MR) is 49.7 cm³/mol. The van der Waals surface area contributed by atoms with E-state index in [1.807, 2.05) is 6.07 Å². The molecule has 1 rings (SSSR count). The van der Waals surface area contributed by atoms with Crippen LogP contribution in [0.2, 0.25) is 0 Å². The van der Waals surface area contributed by atoms with Crippen LogP contribution in [0.5, 0.6) is 0 Å². The van der Waals surface area contributed by atoms with Gasteiger partial charge in [0.15, 0.2) is 0 Å². The minimum absolute atomic E-state index is 0.959. The molecule has 0 bridgehead atoms. The van der Waals surface area contributed by atoms with E-state index in [2.05, 4.69) is 36.0 Å². The standard InChI is InChI=1S/C10H15N2/c1-3-12(4-2)9-10-6-5-7-11-8-10/h5-7H,3-4,9H2,1-2H3. The van der Waals surface area contributed by atoms with Gasteiger partial charge in [0.05, 0.1) is 6.20 Å². The molecule has 1 aromatic rings. The van der Waals surface area contributed by atoms with Crippen molar-refractivity contribution in [2.24, 2.45) is 0 Å². The Labute approximate surface area is 74.2 Å². The zero-order valence-electron chi connectivity index (χ0n) is 7.75. The fraction of sp³-hybridized carbons (Fsp3) is 0.500. The smallest absolute Gasteiger partial charge is 0.0934 e. The van der Waals surface area contributed by atoms with Gasteiger partial charge < -0.3 is 0 Å². The van der Waals surface area contributed by atoms with Crippen LogP contribution in [0.15, 0.2) is 18.3 Å². The van der Waals surface area contributed by atoms with Crippen molar-refractivity contribution in [3.63, 3.8) is 0 Å². The number of aromatic nitrogens is 1. The lowest BCUT2D eigenvalue weighted by Gasteiger charge is -2.16. The second-order valence-electron chi connectivity index (χ2n) is 2.74. The van der Waals surface area contributed by atoms with Crippen LogP contribution >= 0.6 is 0 Å². The van der Waals surface area contributed by atoms with E-state index in [-0.39, 0.29) is 0 Å². The van der Waals surface area contributed by atoms with Crippen molar-refractivity contribution in [2.45, 2.75) is 20.4 Å². The van der Waals surface area contributed by atoms with Gasteiger partial charge in [-0.2, -0.15) is 0 Å². The summed E-state index contributed by atoms with van der Waals surface area (Å²) >= 11 is 0. The molecule has 0 saturated carbocycles. The average Bonchev–Trinajstić information content (AvgIpc) is 2.16. The molecule has 0 saturated heterocycles. The lowest BCUT2D eigenvalue weighted by Crippen LogP contribution is -2.22. The Kier molecular flexibility index (Phi) is 3.74. The van der Waals surface area contributed by atoms with Crippen LogP contribution in [0, 0.1) is 6.20 Å². The van der Waals surface area contributed by atoms with Crippen LogP contribution in [-0.2, 0) is 6.54 Å². The van der Waals surface area contributed by atoms with Crippen molar-refractivity contribution in [2.75, 3.05) is 13.1 Å². The van der Waals surface area contributed by atoms with E-state index >= 15 is 0 Å². The third kappa shape index (κ3) is 2.62. The molecule has 0 N–H and O–H groups in total. The Morgan fingerprint density at radius 3 is 2.67 bits per heavy atom. The van der Waals surface area contributed by atoms with Gasteiger partial charge in [0.2, 0.25) is 0 Å². The molecular formula is C10H15N2. The Morgan fingerprint density at radius 1 is 1.42 bits per heavy atom. The summed E-state index contributed by atoms with van der Waals surface area (Å²) in [6.45, 7) is 7.46. The summed E-state index contributed by atoms with van der Waals surface area (Å²) in [4.78, 5) is 6.30. The summed E-state index contributed by atoms with van der Waals surface area (Å²) in [6, 6.07) is 4.01. The van der Waals surface area contributed by atoms with Gasteiger partial charge in [-0.1, -0.05) is 19.9 Å². The second kappa shape index (κ2) is 4.88. The summed E-state index contributed by atoms with van der Waals surface area (Å²) in [5.41, 5.74) is 1.17. The lowest BCUT2D eigenvalue weighted by molar-refractivity contribution is 0.295. The molecule has 0 aliphatic heterocycles. The van der Waals surface area contributed by atoms with Crippen LogP contribution in [0.3, 0.4) is 0 Å². The van der Waals surface area contributed by atoms with E-state index in [9.17, 15) is 0 Å². The first kappa shape index (κ1) is 9.20. The van der Waals surface area contributed by atoms with Crippen molar-refractivity contribution in [3.05, 3.63) is 30.1 Å². The molecule has 2 heteroatoms. The summed E-state index contributed by atoms with van der Waals surface area (Å²) in [7, 11) is 0. The molecule has 12 heavy (non-hydrogen) atoms. The molecule has 1 radical (unpaired) electrons. The van der Waals surface area contributed by atoms with Crippen LogP contribution < -0.4 is 0 Å². The lowest BCUT2D eigenvalue weighted by atomic mass is 10.2. The molecule has 0 aliphatic rings. The van der Waals surface area contributed by atoms with Crippen molar-refractivity contribution >= 4 is 0 Å². The highest BCUT2D eigenvalue weighted by atomic mass is 15.1. The first-order chi connectivity index (χ1) is 5.86. The molecular weight excluding hydrogens is 148 g/mol. The SMILES string of the molecule is CCN(CC)Cc1[c]nccc1. The second-order valence-corrected chi connectivity index (χ2v) is 2.74. The largest absolute Gasteiger partial charge is 0.300 e. The van der Waals surface area contributed by atoms with Crippen molar-refractivity contribution < 1.29 is 0 Å². The minimum atomic E-state index is 0.959. The molecule has 1 aromatic heterocycles. The highest BCUT2D eigenvalue weighted by molar-refractivity contribution is 5.06. The van der Waals surface area contributed by atoms with Gasteiger partial charge in [-0.05, 0) is 24.7 Å². The van der Waals surface area contributed by atoms with E-state index in [4.69, 9.17) is 0 Å². The molecule has 1 heterocycles. The van der Waals surface area contributed by atoms with E-state index in [1.54, 1.807) is 6.20 Å². The fourth-order valence-electron chi connectivity index (χ4n) is 1.14. The molecule has 0 spiro atoms. The summed E-state index contributed by atoms with van der Waals surface area (Å²) in [5, 5.41) is 0. The molecule has 0 atom stereocenters. The van der Waals surface area contributed by atoms with E-state index in [0.29, 0.717) is 0 Å². The summed E-state index contributed by atoms with van der Waals surface area (Å²) in [6.07, 6.45) is 4.73. The van der Waals surface area contributed by atoms with E-state index in [0.717, 1.165) is 19.6 Å². The van der Waals surface area contributed by atoms with Gasteiger partial charge in [0.1, 0.15) is 0 Å². The Balaban J connectivity index is 2.51. The highest BCUT2D eigenvalue weighted by Crippen LogP contribution is 2.00. The van der Waals surface area contributed by atoms with Crippen LogP contribution in [0.1, 0.15) is 19.4 Å². The number of hydrogen-bond acceptors (Lipinski definition) is 2. The van der Waals surface area contributed by atoms with E-state index in [1.165, 1.54) is 5.56 Å². The van der Waals surface area contributed by atoms with E-state index < -0.39 is 0 Å². The Morgan fingerprint density at radius 2 is 2.17 bits per heavy atom. The Bertz CT molecular complexity index is 204. The third-order valence-corrected chi connectivity index (χ3v) is 1.95. The molecule has 0 fully saturated rings. The van der Waals surface area contributed by atoms with Gasteiger partial charge in [0, 0.05) is 12.7 Å². The monoisotopic (exact) mass is 163 g/mol. The summed E-state index contributed by atoms with van der Waals surface area (Å²) < 4.78 is 0.